The van der Waals surface area contributed by atoms with E-state index in [4.69, 9.17) is 5.73 Å². The summed E-state index contributed by atoms with van der Waals surface area (Å²) in [7, 11) is 0. The van der Waals surface area contributed by atoms with Crippen molar-refractivity contribution in [3.05, 3.63) is 69.4 Å². The maximum Gasteiger partial charge on any atom is 0.282 e. The Morgan fingerprint density at radius 3 is 2.79 bits per heavy atom. The molecule has 0 bridgehead atoms. The Morgan fingerprint density at radius 1 is 1.21 bits per heavy atom. The summed E-state index contributed by atoms with van der Waals surface area (Å²) < 4.78 is 12.9. The maximum atomic E-state index is 12.9. The number of carbonyl (C=O) groups excluding carboxylic acids is 1. The summed E-state index contributed by atoms with van der Waals surface area (Å²) in [4.78, 5) is 14.6. The lowest BCUT2D eigenvalue weighted by atomic mass is 10.00. The molecule has 6 nitrogen and oxygen atoms in total. The van der Waals surface area contributed by atoms with Gasteiger partial charge in [-0.2, -0.15) is 0 Å². The van der Waals surface area contributed by atoms with Crippen molar-refractivity contribution in [2.75, 3.05) is 17.2 Å². The number of nitrogens with two attached hydrogens (primary N) is 1. The average molecular weight is 434 g/mol. The number of aromatic nitrogens is 2. The zero-order chi connectivity index (χ0) is 19.5. The number of carbonyl (C=O) groups is 1. The quantitative estimate of drug-likeness (QED) is 0.601. The number of nitrogens with one attached hydrogen (secondary N) is 1. The van der Waals surface area contributed by atoms with Crippen molar-refractivity contribution in [2.45, 2.75) is 25.9 Å². The van der Waals surface area contributed by atoms with E-state index >= 15 is 0 Å². The second-order valence-corrected chi connectivity index (χ2v) is 7.74. The fraction of sp³-hybridized carbons (Fsp3) is 0.250. The summed E-state index contributed by atoms with van der Waals surface area (Å²) in [6, 6.07) is 12.0. The highest BCUT2D eigenvalue weighted by Crippen LogP contribution is 2.32. The van der Waals surface area contributed by atoms with Gasteiger partial charge in [-0.1, -0.05) is 29.5 Å². The van der Waals surface area contributed by atoms with Crippen molar-refractivity contribution < 1.29 is 9.18 Å². The molecule has 3 aromatic rings. The van der Waals surface area contributed by atoms with Crippen molar-refractivity contribution in [3.63, 3.8) is 0 Å². The largest absolute Gasteiger partial charge is 0.398 e. The molecule has 4 rings (SSSR count). The van der Waals surface area contributed by atoms with E-state index in [0.717, 1.165) is 41.3 Å². The predicted octanol–water partition coefficient (Wildman–Crippen LogP) is 3.56. The number of anilines is 2. The summed E-state index contributed by atoms with van der Waals surface area (Å²) in [6.45, 7) is 1.83. The first-order valence-electron chi connectivity index (χ1n) is 9.07. The van der Waals surface area contributed by atoms with Crippen LogP contribution in [-0.2, 0) is 19.5 Å². The van der Waals surface area contributed by atoms with Crippen LogP contribution in [0.15, 0.2) is 42.5 Å². The minimum absolute atomic E-state index is 0. The van der Waals surface area contributed by atoms with E-state index in [1.54, 1.807) is 12.1 Å². The van der Waals surface area contributed by atoms with Crippen LogP contribution < -0.4 is 16.0 Å². The van der Waals surface area contributed by atoms with Crippen molar-refractivity contribution in [1.82, 2.24) is 15.5 Å². The second-order valence-electron chi connectivity index (χ2n) is 6.68. The molecule has 152 valence electrons. The molecule has 1 amide bonds. The number of hydrogen-bond donors (Lipinski definition) is 2. The van der Waals surface area contributed by atoms with Crippen LogP contribution in [0, 0.1) is 5.82 Å². The van der Waals surface area contributed by atoms with Gasteiger partial charge in [-0.05, 0) is 48.2 Å². The van der Waals surface area contributed by atoms with Crippen molar-refractivity contribution in [2.24, 2.45) is 0 Å². The summed E-state index contributed by atoms with van der Waals surface area (Å²) in [6.07, 6.45) is 2.01. The Balaban J connectivity index is 0.00000240. The molecule has 0 unspecified atom stereocenters. The van der Waals surface area contributed by atoms with Crippen molar-refractivity contribution in [1.29, 1.82) is 0 Å². The predicted molar refractivity (Wildman–Crippen MR) is 115 cm³/mol. The first-order chi connectivity index (χ1) is 13.6. The summed E-state index contributed by atoms with van der Waals surface area (Å²) in [5, 5.41) is 12.1. The SMILES string of the molecule is Cl.Nc1cccc2c1CCCN2Cc1nnc(C(=O)NCc2ccc(F)cc2)s1. The number of hydrogen-bond acceptors (Lipinski definition) is 6. The smallest absolute Gasteiger partial charge is 0.282 e. The molecule has 0 saturated carbocycles. The Hall–Kier alpha value is -2.71. The molecule has 0 saturated heterocycles. The van der Waals surface area contributed by atoms with E-state index in [0.29, 0.717) is 18.1 Å². The van der Waals surface area contributed by atoms with Gasteiger partial charge in [-0.15, -0.1) is 22.6 Å². The number of rotatable bonds is 5. The van der Waals surface area contributed by atoms with Gasteiger partial charge in [0.2, 0.25) is 5.01 Å². The molecule has 1 aromatic heterocycles. The van der Waals surface area contributed by atoms with E-state index in [1.165, 1.54) is 29.0 Å². The van der Waals surface area contributed by atoms with E-state index in [2.05, 4.69) is 26.5 Å². The number of nitrogen functional groups attached to an aromatic ring is 1. The Bertz CT molecular complexity index is 995. The van der Waals surface area contributed by atoms with Gasteiger partial charge in [0.25, 0.3) is 5.91 Å². The minimum Gasteiger partial charge on any atom is -0.398 e. The average Bonchev–Trinajstić information content (AvgIpc) is 3.17. The molecular weight excluding hydrogens is 413 g/mol. The van der Waals surface area contributed by atoms with Crippen LogP contribution in [0.3, 0.4) is 0 Å². The van der Waals surface area contributed by atoms with Crippen LogP contribution in [0.25, 0.3) is 0 Å². The van der Waals surface area contributed by atoms with E-state index in [1.807, 2.05) is 12.1 Å². The van der Waals surface area contributed by atoms with Crippen molar-refractivity contribution >= 4 is 41.0 Å². The fourth-order valence-corrected chi connectivity index (χ4v) is 4.10. The first kappa shape index (κ1) is 21.0. The van der Waals surface area contributed by atoms with Gasteiger partial charge in [0.05, 0.1) is 6.54 Å². The number of amides is 1. The standard InChI is InChI=1S/C20H20FN5OS.ClH/c21-14-8-6-13(7-9-14)11-23-19(27)20-25-24-18(28-20)12-26-10-2-3-15-16(22)4-1-5-17(15)26;/h1,4-9H,2-3,10-12,22H2,(H,23,27);1H. The van der Waals surface area contributed by atoms with Crippen LogP contribution >= 0.6 is 23.7 Å². The van der Waals surface area contributed by atoms with Crippen LogP contribution in [0.4, 0.5) is 15.8 Å². The van der Waals surface area contributed by atoms with Crippen LogP contribution in [-0.4, -0.2) is 22.6 Å². The highest BCUT2D eigenvalue weighted by Gasteiger charge is 2.21. The molecule has 0 radical (unpaired) electrons. The summed E-state index contributed by atoms with van der Waals surface area (Å²) in [5.74, 6) is -0.582. The van der Waals surface area contributed by atoms with Crippen LogP contribution in [0.1, 0.15) is 32.4 Å². The third kappa shape index (κ3) is 4.83. The highest BCUT2D eigenvalue weighted by atomic mass is 35.5. The van der Waals surface area contributed by atoms with Crippen LogP contribution in [0.2, 0.25) is 0 Å². The maximum absolute atomic E-state index is 12.9. The monoisotopic (exact) mass is 433 g/mol. The van der Waals surface area contributed by atoms with Gasteiger partial charge in [0.15, 0.2) is 0 Å². The molecule has 1 aliphatic rings. The van der Waals surface area contributed by atoms with Crippen LogP contribution in [0.5, 0.6) is 0 Å². The molecule has 29 heavy (non-hydrogen) atoms. The zero-order valence-corrected chi connectivity index (χ0v) is 17.2. The molecule has 0 spiro atoms. The molecule has 0 atom stereocenters. The number of halogens is 2. The van der Waals surface area contributed by atoms with E-state index < -0.39 is 0 Å². The lowest BCUT2D eigenvalue weighted by Gasteiger charge is -2.31. The highest BCUT2D eigenvalue weighted by molar-refractivity contribution is 7.13. The Morgan fingerprint density at radius 2 is 2.00 bits per heavy atom. The molecular formula is C20H21ClFN5OS. The number of fused-ring (bicyclic) bond motifs is 1. The molecule has 9 heteroatoms. The molecule has 3 N–H and O–H groups in total. The normalized spacial score (nSPS) is 12.8. The lowest BCUT2D eigenvalue weighted by Crippen LogP contribution is -2.29. The Kier molecular flexibility index (Phi) is 6.66. The third-order valence-corrected chi connectivity index (χ3v) is 5.64. The lowest BCUT2D eigenvalue weighted by molar-refractivity contribution is 0.0950. The Labute approximate surface area is 178 Å². The zero-order valence-electron chi connectivity index (χ0n) is 15.6. The second kappa shape index (κ2) is 9.19. The minimum atomic E-state index is -0.301. The summed E-state index contributed by atoms with van der Waals surface area (Å²) >= 11 is 1.28. The van der Waals surface area contributed by atoms with E-state index in [-0.39, 0.29) is 24.1 Å². The van der Waals surface area contributed by atoms with Gasteiger partial charge in [-0.3, -0.25) is 4.79 Å². The first-order valence-corrected chi connectivity index (χ1v) is 9.89. The molecule has 2 heterocycles. The fourth-order valence-electron chi connectivity index (χ4n) is 3.32. The number of benzene rings is 2. The molecule has 0 fully saturated rings. The van der Waals surface area contributed by atoms with Gasteiger partial charge in [0, 0.05) is 24.5 Å². The van der Waals surface area contributed by atoms with Gasteiger partial charge >= 0.3 is 0 Å². The summed E-state index contributed by atoms with van der Waals surface area (Å²) in [5.41, 5.74) is 10.1. The number of nitrogens with zero attached hydrogens (tertiary/aromatic N) is 3. The molecule has 2 aromatic carbocycles. The molecule has 0 aliphatic carbocycles. The van der Waals surface area contributed by atoms with E-state index in [9.17, 15) is 9.18 Å². The van der Waals surface area contributed by atoms with Crippen molar-refractivity contribution in [3.8, 4) is 0 Å². The topological polar surface area (TPSA) is 84.1 Å². The van der Waals surface area contributed by atoms with Gasteiger partial charge in [-0.25, -0.2) is 4.39 Å². The third-order valence-electron chi connectivity index (χ3n) is 4.74. The van der Waals surface area contributed by atoms with Gasteiger partial charge < -0.3 is 16.0 Å². The molecule has 1 aliphatic heterocycles. The van der Waals surface area contributed by atoms with Gasteiger partial charge in [0.1, 0.15) is 10.8 Å².